The maximum Gasteiger partial charge on any atom is 0.324 e. The molecule has 0 bridgehead atoms. The van der Waals surface area contributed by atoms with Gasteiger partial charge in [0.2, 0.25) is 0 Å². The van der Waals surface area contributed by atoms with Crippen molar-refractivity contribution < 1.29 is 9.72 Å². The average molecular weight is 277 g/mol. The predicted molar refractivity (Wildman–Crippen MR) is 71.1 cm³/mol. The van der Waals surface area contributed by atoms with Crippen LogP contribution in [-0.4, -0.2) is 15.8 Å². The third kappa shape index (κ3) is 3.14. The van der Waals surface area contributed by atoms with Crippen LogP contribution in [0.5, 0.6) is 0 Å². The van der Waals surface area contributed by atoms with E-state index >= 15 is 0 Å². The summed E-state index contributed by atoms with van der Waals surface area (Å²) >= 11 is 0.863. The third-order valence-electron chi connectivity index (χ3n) is 2.55. The Kier molecular flexibility index (Phi) is 3.86. The van der Waals surface area contributed by atoms with Gasteiger partial charge in [0.1, 0.15) is 0 Å². The number of rotatable bonds is 4. The highest BCUT2D eigenvalue weighted by molar-refractivity contribution is 7.17. The summed E-state index contributed by atoms with van der Waals surface area (Å²) in [6, 6.07) is 6.22. The minimum absolute atomic E-state index is 0.0401. The van der Waals surface area contributed by atoms with Gasteiger partial charge >= 0.3 is 5.00 Å². The van der Waals surface area contributed by atoms with Crippen LogP contribution in [0.15, 0.2) is 36.7 Å². The normalized spacial score (nSPS) is 11.8. The number of hydrogen-bond donors (Lipinski definition) is 1. The number of nitrogens with zero attached hydrogens (tertiary/aromatic N) is 2. The van der Waals surface area contributed by atoms with Crippen LogP contribution in [0, 0.1) is 10.1 Å². The van der Waals surface area contributed by atoms with E-state index in [4.69, 9.17) is 0 Å². The van der Waals surface area contributed by atoms with E-state index in [-0.39, 0.29) is 17.0 Å². The fourth-order valence-electron chi connectivity index (χ4n) is 1.55. The number of pyridine rings is 1. The minimum Gasteiger partial charge on any atom is -0.345 e. The van der Waals surface area contributed by atoms with E-state index in [9.17, 15) is 14.9 Å². The molecule has 0 spiro atoms. The molecule has 0 saturated heterocycles. The molecule has 98 valence electrons. The standard InChI is InChI=1S/C12H11N3O3S/c1-8(9-4-6-13-7-5-9)14-12(16)10-2-3-11(19-10)15(17)18/h2-8H,1H3,(H,14,16). The molecule has 0 aliphatic heterocycles. The van der Waals surface area contributed by atoms with Gasteiger partial charge in [0.05, 0.1) is 15.8 Å². The molecule has 0 radical (unpaired) electrons. The molecule has 0 fully saturated rings. The van der Waals surface area contributed by atoms with Gasteiger partial charge in [0, 0.05) is 18.5 Å². The summed E-state index contributed by atoms with van der Waals surface area (Å²) in [5.41, 5.74) is 0.925. The van der Waals surface area contributed by atoms with Crippen LogP contribution in [0.1, 0.15) is 28.2 Å². The van der Waals surface area contributed by atoms with Crippen LogP contribution in [-0.2, 0) is 0 Å². The molecular weight excluding hydrogens is 266 g/mol. The molecule has 7 heteroatoms. The van der Waals surface area contributed by atoms with Crippen molar-refractivity contribution in [3.63, 3.8) is 0 Å². The first-order valence-electron chi connectivity index (χ1n) is 5.53. The lowest BCUT2D eigenvalue weighted by atomic mass is 10.1. The van der Waals surface area contributed by atoms with Gasteiger partial charge in [-0.2, -0.15) is 0 Å². The number of aromatic nitrogens is 1. The number of nitro groups is 1. The first kappa shape index (κ1) is 13.2. The maximum absolute atomic E-state index is 11.9. The molecule has 1 atom stereocenters. The molecular formula is C12H11N3O3S. The zero-order valence-corrected chi connectivity index (χ0v) is 10.9. The number of amides is 1. The van der Waals surface area contributed by atoms with E-state index in [0.29, 0.717) is 4.88 Å². The van der Waals surface area contributed by atoms with Crippen LogP contribution in [0.4, 0.5) is 5.00 Å². The molecule has 0 aromatic carbocycles. The summed E-state index contributed by atoms with van der Waals surface area (Å²) in [7, 11) is 0. The van der Waals surface area contributed by atoms with Crippen molar-refractivity contribution in [2.45, 2.75) is 13.0 Å². The van der Waals surface area contributed by atoms with E-state index in [0.717, 1.165) is 16.9 Å². The van der Waals surface area contributed by atoms with Gasteiger partial charge in [0.25, 0.3) is 5.91 Å². The van der Waals surface area contributed by atoms with Gasteiger partial charge in [-0.15, -0.1) is 0 Å². The molecule has 2 heterocycles. The van der Waals surface area contributed by atoms with Gasteiger partial charge in [-0.25, -0.2) is 0 Å². The molecule has 0 aliphatic rings. The van der Waals surface area contributed by atoms with Crippen LogP contribution >= 0.6 is 11.3 Å². The van der Waals surface area contributed by atoms with Crippen molar-refractivity contribution in [1.82, 2.24) is 10.3 Å². The summed E-state index contributed by atoms with van der Waals surface area (Å²) in [6.45, 7) is 1.84. The molecule has 0 saturated carbocycles. The number of nitrogens with one attached hydrogen (secondary N) is 1. The Hall–Kier alpha value is -2.28. The SMILES string of the molecule is CC(NC(=O)c1ccc([N+](=O)[O-])s1)c1ccncc1. The van der Waals surface area contributed by atoms with Crippen molar-refractivity contribution >= 4 is 22.2 Å². The summed E-state index contributed by atoms with van der Waals surface area (Å²) in [5, 5.41) is 13.3. The van der Waals surface area contributed by atoms with Crippen molar-refractivity contribution in [2.75, 3.05) is 0 Å². The minimum atomic E-state index is -0.506. The number of thiophene rings is 1. The van der Waals surface area contributed by atoms with Crippen molar-refractivity contribution in [3.8, 4) is 0 Å². The molecule has 0 aliphatic carbocycles. The number of hydrogen-bond acceptors (Lipinski definition) is 5. The van der Waals surface area contributed by atoms with Gasteiger partial charge < -0.3 is 5.32 Å². The van der Waals surface area contributed by atoms with Crippen molar-refractivity contribution in [1.29, 1.82) is 0 Å². The largest absolute Gasteiger partial charge is 0.345 e. The highest BCUT2D eigenvalue weighted by Gasteiger charge is 2.17. The van der Waals surface area contributed by atoms with Crippen molar-refractivity contribution in [3.05, 3.63) is 57.2 Å². The highest BCUT2D eigenvalue weighted by atomic mass is 32.1. The Labute approximate surface area is 113 Å². The van der Waals surface area contributed by atoms with Crippen LogP contribution in [0.2, 0.25) is 0 Å². The fourth-order valence-corrected chi connectivity index (χ4v) is 2.27. The molecule has 1 amide bonds. The second kappa shape index (κ2) is 5.57. The summed E-state index contributed by atoms with van der Waals surface area (Å²) < 4.78 is 0. The Bertz CT molecular complexity index is 597. The average Bonchev–Trinajstić information content (AvgIpc) is 2.89. The van der Waals surface area contributed by atoms with Crippen LogP contribution < -0.4 is 5.32 Å². The van der Waals surface area contributed by atoms with E-state index < -0.39 is 4.92 Å². The second-order valence-corrected chi connectivity index (χ2v) is 4.93. The lowest BCUT2D eigenvalue weighted by Crippen LogP contribution is -2.25. The maximum atomic E-state index is 11.9. The Morgan fingerprint density at radius 3 is 2.63 bits per heavy atom. The zero-order chi connectivity index (χ0) is 13.8. The Balaban J connectivity index is 2.06. The third-order valence-corrected chi connectivity index (χ3v) is 3.58. The van der Waals surface area contributed by atoms with Crippen molar-refractivity contribution in [2.24, 2.45) is 0 Å². The van der Waals surface area contributed by atoms with E-state index in [1.165, 1.54) is 12.1 Å². The summed E-state index contributed by atoms with van der Waals surface area (Å²) in [5.74, 6) is -0.317. The lowest BCUT2D eigenvalue weighted by Gasteiger charge is -2.12. The summed E-state index contributed by atoms with van der Waals surface area (Å²) in [4.78, 5) is 26.2. The van der Waals surface area contributed by atoms with Gasteiger partial charge in [-0.05, 0) is 30.7 Å². The van der Waals surface area contributed by atoms with Gasteiger partial charge in [0.15, 0.2) is 0 Å². The highest BCUT2D eigenvalue weighted by Crippen LogP contribution is 2.24. The molecule has 6 nitrogen and oxygen atoms in total. The Morgan fingerprint density at radius 1 is 1.37 bits per heavy atom. The molecule has 2 rings (SSSR count). The molecule has 2 aromatic heterocycles. The van der Waals surface area contributed by atoms with Crippen LogP contribution in [0.25, 0.3) is 0 Å². The van der Waals surface area contributed by atoms with E-state index in [1.807, 2.05) is 19.1 Å². The summed E-state index contributed by atoms with van der Waals surface area (Å²) in [6.07, 6.45) is 3.29. The van der Waals surface area contributed by atoms with Gasteiger partial charge in [-0.1, -0.05) is 11.3 Å². The number of carbonyl (C=O) groups excluding carboxylic acids is 1. The monoisotopic (exact) mass is 277 g/mol. The molecule has 2 aromatic rings. The molecule has 1 N–H and O–H groups in total. The molecule has 1 unspecified atom stereocenters. The second-order valence-electron chi connectivity index (χ2n) is 3.87. The quantitative estimate of drug-likeness (QED) is 0.687. The first-order valence-corrected chi connectivity index (χ1v) is 6.34. The first-order chi connectivity index (χ1) is 9.08. The van der Waals surface area contributed by atoms with Crippen LogP contribution in [0.3, 0.4) is 0 Å². The number of carbonyl (C=O) groups is 1. The topological polar surface area (TPSA) is 85.1 Å². The molecule has 19 heavy (non-hydrogen) atoms. The Morgan fingerprint density at radius 2 is 2.05 bits per heavy atom. The smallest absolute Gasteiger partial charge is 0.324 e. The van der Waals surface area contributed by atoms with E-state index in [1.54, 1.807) is 12.4 Å². The fraction of sp³-hybridized carbons (Fsp3) is 0.167. The lowest BCUT2D eigenvalue weighted by molar-refractivity contribution is -0.380. The van der Waals surface area contributed by atoms with Gasteiger partial charge in [-0.3, -0.25) is 19.9 Å². The van der Waals surface area contributed by atoms with E-state index in [2.05, 4.69) is 10.3 Å². The zero-order valence-electron chi connectivity index (χ0n) is 10.1. The predicted octanol–water partition coefficient (Wildman–Crippen LogP) is 2.54.